The lowest BCUT2D eigenvalue weighted by atomic mass is 9.85. The van der Waals surface area contributed by atoms with E-state index >= 15 is 0 Å². The van der Waals surface area contributed by atoms with E-state index in [1.54, 1.807) is 0 Å². The van der Waals surface area contributed by atoms with Gasteiger partial charge in [0.05, 0.1) is 0 Å². The summed E-state index contributed by atoms with van der Waals surface area (Å²) in [5.41, 5.74) is 8.95. The monoisotopic (exact) mass is 288 g/mol. The SMILES string of the molecule is CC1CCC(CN)CN1C(C)c1ccc(C(C)(C)C)cc1. The van der Waals surface area contributed by atoms with Gasteiger partial charge >= 0.3 is 0 Å². The number of rotatable bonds is 3. The van der Waals surface area contributed by atoms with Crippen LogP contribution in [0.5, 0.6) is 0 Å². The maximum absolute atomic E-state index is 5.89. The van der Waals surface area contributed by atoms with Crippen molar-refractivity contribution in [3.05, 3.63) is 35.4 Å². The van der Waals surface area contributed by atoms with Crippen LogP contribution in [0.15, 0.2) is 24.3 Å². The molecule has 1 aromatic carbocycles. The summed E-state index contributed by atoms with van der Waals surface area (Å²) in [4.78, 5) is 2.63. The molecule has 0 amide bonds. The largest absolute Gasteiger partial charge is 0.330 e. The zero-order valence-corrected chi connectivity index (χ0v) is 14.4. The van der Waals surface area contributed by atoms with E-state index in [0.717, 1.165) is 13.1 Å². The van der Waals surface area contributed by atoms with Gasteiger partial charge in [-0.15, -0.1) is 0 Å². The Morgan fingerprint density at radius 3 is 2.33 bits per heavy atom. The molecule has 3 atom stereocenters. The van der Waals surface area contributed by atoms with Crippen LogP contribution in [0.4, 0.5) is 0 Å². The standard InChI is InChI=1S/C19H32N2/c1-14-6-7-16(12-20)13-21(14)15(2)17-8-10-18(11-9-17)19(3,4)5/h8-11,14-16H,6-7,12-13,20H2,1-5H3. The van der Waals surface area contributed by atoms with Crippen molar-refractivity contribution >= 4 is 0 Å². The van der Waals surface area contributed by atoms with Crippen LogP contribution in [0.1, 0.15) is 64.6 Å². The molecule has 0 saturated carbocycles. The van der Waals surface area contributed by atoms with E-state index in [2.05, 4.69) is 63.8 Å². The van der Waals surface area contributed by atoms with Gasteiger partial charge < -0.3 is 5.73 Å². The minimum atomic E-state index is 0.227. The molecule has 1 aliphatic rings. The Hall–Kier alpha value is -0.860. The maximum atomic E-state index is 5.89. The molecule has 2 nitrogen and oxygen atoms in total. The quantitative estimate of drug-likeness (QED) is 0.907. The average molecular weight is 288 g/mol. The van der Waals surface area contributed by atoms with Crippen LogP contribution < -0.4 is 5.73 Å². The molecule has 0 radical (unpaired) electrons. The summed E-state index contributed by atoms with van der Waals surface area (Å²) in [7, 11) is 0. The van der Waals surface area contributed by atoms with Crippen molar-refractivity contribution in [2.75, 3.05) is 13.1 Å². The van der Waals surface area contributed by atoms with Gasteiger partial charge in [0.25, 0.3) is 0 Å². The number of nitrogens with two attached hydrogens (primary N) is 1. The van der Waals surface area contributed by atoms with Gasteiger partial charge in [-0.3, -0.25) is 4.90 Å². The summed E-state index contributed by atoms with van der Waals surface area (Å²) >= 11 is 0. The van der Waals surface area contributed by atoms with Gasteiger partial charge in [-0.25, -0.2) is 0 Å². The van der Waals surface area contributed by atoms with Gasteiger partial charge in [-0.1, -0.05) is 45.0 Å². The third-order valence-corrected chi connectivity index (χ3v) is 5.12. The fourth-order valence-corrected chi connectivity index (χ4v) is 3.40. The van der Waals surface area contributed by atoms with E-state index in [4.69, 9.17) is 5.73 Å². The van der Waals surface area contributed by atoms with Gasteiger partial charge in [-0.2, -0.15) is 0 Å². The zero-order chi connectivity index (χ0) is 15.6. The van der Waals surface area contributed by atoms with Crippen molar-refractivity contribution < 1.29 is 0 Å². The second-order valence-electron chi connectivity index (χ2n) is 7.77. The number of piperidine rings is 1. The second-order valence-corrected chi connectivity index (χ2v) is 7.77. The van der Waals surface area contributed by atoms with E-state index < -0.39 is 0 Å². The number of nitrogens with zero attached hydrogens (tertiary/aromatic N) is 1. The molecular formula is C19H32N2. The highest BCUT2D eigenvalue weighted by Gasteiger charge is 2.28. The van der Waals surface area contributed by atoms with Crippen LogP contribution in [0, 0.1) is 5.92 Å². The Kier molecular flexibility index (Phi) is 5.11. The summed E-state index contributed by atoms with van der Waals surface area (Å²) in [6.07, 6.45) is 2.55. The number of hydrogen-bond acceptors (Lipinski definition) is 2. The Balaban J connectivity index is 2.13. The maximum Gasteiger partial charge on any atom is 0.0322 e. The van der Waals surface area contributed by atoms with Crippen LogP contribution in [0.25, 0.3) is 0 Å². The van der Waals surface area contributed by atoms with Crippen LogP contribution in [-0.2, 0) is 5.41 Å². The average Bonchev–Trinajstić information content (AvgIpc) is 2.46. The topological polar surface area (TPSA) is 29.3 Å². The van der Waals surface area contributed by atoms with E-state index in [9.17, 15) is 0 Å². The fraction of sp³-hybridized carbons (Fsp3) is 0.684. The number of benzene rings is 1. The van der Waals surface area contributed by atoms with Gasteiger partial charge in [-0.05, 0) is 55.7 Å². The highest BCUT2D eigenvalue weighted by molar-refractivity contribution is 5.29. The summed E-state index contributed by atoms with van der Waals surface area (Å²) in [5.74, 6) is 0.664. The molecule has 21 heavy (non-hydrogen) atoms. The van der Waals surface area contributed by atoms with Crippen molar-refractivity contribution in [3.63, 3.8) is 0 Å². The van der Waals surface area contributed by atoms with Crippen molar-refractivity contribution in [1.82, 2.24) is 4.90 Å². The smallest absolute Gasteiger partial charge is 0.0322 e. The summed E-state index contributed by atoms with van der Waals surface area (Å²) < 4.78 is 0. The number of hydrogen-bond donors (Lipinski definition) is 1. The molecule has 2 heteroatoms. The second kappa shape index (κ2) is 6.50. The first-order chi connectivity index (χ1) is 9.82. The summed E-state index contributed by atoms with van der Waals surface area (Å²) in [6, 6.07) is 10.3. The third-order valence-electron chi connectivity index (χ3n) is 5.12. The van der Waals surface area contributed by atoms with E-state index in [1.165, 1.54) is 24.0 Å². The predicted molar refractivity (Wildman–Crippen MR) is 91.5 cm³/mol. The minimum absolute atomic E-state index is 0.227. The van der Waals surface area contributed by atoms with E-state index in [1.807, 2.05) is 0 Å². The number of likely N-dealkylation sites (tertiary alicyclic amines) is 1. The first-order valence-electron chi connectivity index (χ1n) is 8.39. The molecular weight excluding hydrogens is 256 g/mol. The normalized spacial score (nSPS) is 25.8. The molecule has 0 aromatic heterocycles. The molecule has 0 bridgehead atoms. The Morgan fingerprint density at radius 1 is 1.19 bits per heavy atom. The first kappa shape index (κ1) is 16.5. The molecule has 1 fully saturated rings. The van der Waals surface area contributed by atoms with Crippen LogP contribution in [-0.4, -0.2) is 24.0 Å². The Bertz CT molecular complexity index is 444. The van der Waals surface area contributed by atoms with Gasteiger partial charge in [0.2, 0.25) is 0 Å². The van der Waals surface area contributed by atoms with Crippen molar-refractivity contribution in [2.45, 2.75) is 65.0 Å². The molecule has 118 valence electrons. The van der Waals surface area contributed by atoms with Gasteiger partial charge in [0, 0.05) is 18.6 Å². The minimum Gasteiger partial charge on any atom is -0.330 e. The lowest BCUT2D eigenvalue weighted by Gasteiger charge is -2.41. The lowest BCUT2D eigenvalue weighted by molar-refractivity contribution is 0.0812. The van der Waals surface area contributed by atoms with Gasteiger partial charge in [0.1, 0.15) is 0 Å². The zero-order valence-electron chi connectivity index (χ0n) is 14.4. The summed E-state index contributed by atoms with van der Waals surface area (Å²) in [5, 5.41) is 0. The van der Waals surface area contributed by atoms with Gasteiger partial charge in [0.15, 0.2) is 0 Å². The molecule has 1 saturated heterocycles. The molecule has 2 rings (SSSR count). The highest BCUT2D eigenvalue weighted by Crippen LogP contribution is 2.31. The first-order valence-corrected chi connectivity index (χ1v) is 8.39. The Labute approximate surface area is 130 Å². The molecule has 1 aromatic rings. The molecule has 0 spiro atoms. The van der Waals surface area contributed by atoms with E-state index in [0.29, 0.717) is 18.0 Å². The van der Waals surface area contributed by atoms with Crippen LogP contribution in [0.2, 0.25) is 0 Å². The molecule has 1 heterocycles. The molecule has 2 N–H and O–H groups in total. The Morgan fingerprint density at radius 2 is 1.81 bits per heavy atom. The van der Waals surface area contributed by atoms with Crippen molar-refractivity contribution in [2.24, 2.45) is 11.7 Å². The predicted octanol–water partition coefficient (Wildman–Crippen LogP) is 4.10. The van der Waals surface area contributed by atoms with Crippen molar-refractivity contribution in [3.8, 4) is 0 Å². The lowest BCUT2D eigenvalue weighted by Crippen LogP contribution is -2.44. The highest BCUT2D eigenvalue weighted by atomic mass is 15.2. The fourth-order valence-electron chi connectivity index (χ4n) is 3.40. The van der Waals surface area contributed by atoms with Crippen molar-refractivity contribution in [1.29, 1.82) is 0 Å². The van der Waals surface area contributed by atoms with Crippen LogP contribution in [0.3, 0.4) is 0 Å². The van der Waals surface area contributed by atoms with E-state index in [-0.39, 0.29) is 5.41 Å². The third kappa shape index (κ3) is 3.87. The molecule has 1 aliphatic heterocycles. The molecule has 3 unspecified atom stereocenters. The summed E-state index contributed by atoms with van der Waals surface area (Å²) in [6.45, 7) is 13.4. The van der Waals surface area contributed by atoms with Crippen LogP contribution >= 0.6 is 0 Å². The molecule has 0 aliphatic carbocycles.